The molecule has 1 atom stereocenters. The molecule has 2 aliphatic heterocycles. The number of likely N-dealkylation sites (tertiary alicyclic amines) is 1. The van der Waals surface area contributed by atoms with Gasteiger partial charge in [-0.3, -0.25) is 4.79 Å². The number of carbonyl (C=O) groups excluding carboxylic acids is 2. The first-order chi connectivity index (χ1) is 12.0. The molecule has 2 saturated heterocycles. The molecule has 9 heteroatoms. The zero-order valence-electron chi connectivity index (χ0n) is 15.8. The largest absolute Gasteiger partial charge is 0.368 e. The molecular formula is C17H30N4O4S. The van der Waals surface area contributed by atoms with Crippen LogP contribution >= 0.6 is 0 Å². The first-order valence-corrected chi connectivity index (χ1v) is 10.5. The van der Waals surface area contributed by atoms with Crippen molar-refractivity contribution in [3.05, 3.63) is 12.0 Å². The summed E-state index contributed by atoms with van der Waals surface area (Å²) in [5, 5.41) is 0.996. The number of nitrogens with two attached hydrogens (primary N) is 1. The van der Waals surface area contributed by atoms with E-state index in [-0.39, 0.29) is 17.4 Å². The Hall–Kier alpha value is -1.61. The van der Waals surface area contributed by atoms with E-state index in [1.54, 1.807) is 11.9 Å². The minimum Gasteiger partial charge on any atom is -0.368 e. The fraction of sp³-hybridized carbons (Fsp3) is 0.765. The number of piperidine rings is 1. The lowest BCUT2D eigenvalue weighted by Crippen LogP contribution is -2.55. The van der Waals surface area contributed by atoms with Crippen LogP contribution in [-0.2, 0) is 14.8 Å². The van der Waals surface area contributed by atoms with Crippen molar-refractivity contribution in [1.82, 2.24) is 14.1 Å². The second kappa shape index (κ2) is 7.56. The van der Waals surface area contributed by atoms with Gasteiger partial charge in [0.1, 0.15) is 6.04 Å². The van der Waals surface area contributed by atoms with Crippen LogP contribution in [0.1, 0.15) is 33.1 Å². The molecular weight excluding hydrogens is 356 g/mol. The zero-order chi connectivity index (χ0) is 19.7. The van der Waals surface area contributed by atoms with Gasteiger partial charge >= 0.3 is 6.03 Å². The van der Waals surface area contributed by atoms with Gasteiger partial charge in [-0.25, -0.2) is 13.2 Å². The lowest BCUT2D eigenvalue weighted by Gasteiger charge is -2.41. The van der Waals surface area contributed by atoms with Crippen molar-refractivity contribution >= 4 is 22.0 Å². The second-order valence-electron chi connectivity index (χ2n) is 7.77. The third kappa shape index (κ3) is 4.03. The Kier molecular flexibility index (Phi) is 6.02. The van der Waals surface area contributed by atoms with Gasteiger partial charge in [0.15, 0.2) is 0 Å². The number of amides is 3. The summed E-state index contributed by atoms with van der Waals surface area (Å²) < 4.78 is 25.4. The van der Waals surface area contributed by atoms with Gasteiger partial charge in [-0.15, -0.1) is 0 Å². The summed E-state index contributed by atoms with van der Waals surface area (Å²) in [7, 11) is -1.78. The summed E-state index contributed by atoms with van der Waals surface area (Å²) >= 11 is 0. The number of carbonyl (C=O) groups is 2. The van der Waals surface area contributed by atoms with Gasteiger partial charge in [0.05, 0.1) is 0 Å². The van der Waals surface area contributed by atoms with E-state index < -0.39 is 22.0 Å². The van der Waals surface area contributed by atoms with Crippen LogP contribution in [0.15, 0.2) is 12.0 Å². The van der Waals surface area contributed by atoms with Crippen LogP contribution in [0.25, 0.3) is 0 Å². The Balaban J connectivity index is 1.99. The van der Waals surface area contributed by atoms with Crippen molar-refractivity contribution in [2.45, 2.75) is 39.2 Å². The van der Waals surface area contributed by atoms with E-state index in [1.807, 2.05) is 13.8 Å². The first-order valence-electron chi connectivity index (χ1n) is 8.97. The molecule has 26 heavy (non-hydrogen) atoms. The number of sulfonamides is 1. The topological polar surface area (TPSA) is 104 Å². The van der Waals surface area contributed by atoms with E-state index in [1.165, 1.54) is 9.21 Å². The second-order valence-corrected chi connectivity index (χ2v) is 9.65. The molecule has 0 saturated carbocycles. The minimum absolute atomic E-state index is 0.0647. The molecule has 2 fully saturated rings. The van der Waals surface area contributed by atoms with Crippen LogP contribution in [-0.4, -0.2) is 73.7 Å². The van der Waals surface area contributed by atoms with Crippen LogP contribution in [0.2, 0.25) is 0 Å². The van der Waals surface area contributed by atoms with Gasteiger partial charge in [-0.1, -0.05) is 20.4 Å². The lowest BCUT2D eigenvalue weighted by molar-refractivity contribution is -0.123. The summed E-state index contributed by atoms with van der Waals surface area (Å²) in [6.45, 7) is 9.18. The molecule has 2 rings (SSSR count). The third-order valence-corrected chi connectivity index (χ3v) is 7.16. The SMILES string of the molecule is C=CS(=O)(=O)N1CCC2(CCN(C(=O)N(C)[C@H](C(N)=O)C(C)C)CC2)C1. The Labute approximate surface area is 156 Å². The molecule has 0 unspecified atom stereocenters. The van der Waals surface area contributed by atoms with Crippen LogP contribution in [0.5, 0.6) is 0 Å². The van der Waals surface area contributed by atoms with E-state index in [0.29, 0.717) is 26.2 Å². The Bertz CT molecular complexity index is 668. The van der Waals surface area contributed by atoms with Gasteiger partial charge in [0.25, 0.3) is 0 Å². The van der Waals surface area contributed by atoms with Gasteiger partial charge in [0, 0.05) is 38.6 Å². The Morgan fingerprint density at radius 3 is 2.19 bits per heavy atom. The quantitative estimate of drug-likeness (QED) is 0.755. The molecule has 0 aromatic heterocycles. The molecule has 3 amide bonds. The highest BCUT2D eigenvalue weighted by Crippen LogP contribution is 2.41. The van der Waals surface area contributed by atoms with Gasteiger partial charge < -0.3 is 15.5 Å². The fourth-order valence-corrected chi connectivity index (χ4v) is 5.12. The van der Waals surface area contributed by atoms with Crippen molar-refractivity contribution in [2.24, 2.45) is 17.1 Å². The number of primary amides is 1. The number of urea groups is 1. The standard InChI is InChI=1S/C17H30N4O4S/c1-5-26(24,25)21-11-8-17(12-21)6-9-20(10-7-17)16(23)19(4)14(13(2)3)15(18)22/h5,13-14H,1,6-12H2,2-4H3,(H2,18,22)/t14-/m0/s1. The maximum absolute atomic E-state index is 12.7. The first kappa shape index (κ1) is 20.7. The number of nitrogens with zero attached hydrogens (tertiary/aromatic N) is 3. The number of rotatable bonds is 5. The van der Waals surface area contributed by atoms with E-state index >= 15 is 0 Å². The summed E-state index contributed by atoms with van der Waals surface area (Å²) in [6.07, 6.45) is 2.30. The van der Waals surface area contributed by atoms with Crippen LogP contribution in [0.4, 0.5) is 4.79 Å². The average molecular weight is 387 g/mol. The van der Waals surface area contributed by atoms with Crippen LogP contribution in [0.3, 0.4) is 0 Å². The molecule has 1 spiro atoms. The molecule has 2 heterocycles. The number of likely N-dealkylation sites (N-methyl/N-ethyl adjacent to an activating group) is 1. The van der Waals surface area contributed by atoms with Crippen molar-refractivity contribution in [3.8, 4) is 0 Å². The molecule has 0 aromatic carbocycles. The van der Waals surface area contributed by atoms with Crippen molar-refractivity contribution in [3.63, 3.8) is 0 Å². The molecule has 0 aromatic rings. The van der Waals surface area contributed by atoms with E-state index in [0.717, 1.165) is 24.7 Å². The predicted molar refractivity (Wildman–Crippen MR) is 99.5 cm³/mol. The van der Waals surface area contributed by atoms with E-state index in [4.69, 9.17) is 5.73 Å². The highest BCUT2D eigenvalue weighted by Gasteiger charge is 2.44. The lowest BCUT2D eigenvalue weighted by atomic mass is 9.78. The molecule has 0 radical (unpaired) electrons. The summed E-state index contributed by atoms with van der Waals surface area (Å²) in [6, 6.07) is -0.844. The van der Waals surface area contributed by atoms with Crippen molar-refractivity contribution in [1.29, 1.82) is 0 Å². The summed E-state index contributed by atoms with van der Waals surface area (Å²) in [5.41, 5.74) is 5.37. The maximum Gasteiger partial charge on any atom is 0.320 e. The molecule has 8 nitrogen and oxygen atoms in total. The zero-order valence-corrected chi connectivity index (χ0v) is 16.7. The van der Waals surface area contributed by atoms with Crippen molar-refractivity contribution in [2.75, 3.05) is 33.2 Å². The van der Waals surface area contributed by atoms with Crippen LogP contribution < -0.4 is 5.73 Å². The minimum atomic E-state index is -3.39. The van der Waals surface area contributed by atoms with Gasteiger partial charge in [0.2, 0.25) is 15.9 Å². The number of hydrogen-bond acceptors (Lipinski definition) is 4. The van der Waals surface area contributed by atoms with E-state index in [2.05, 4.69) is 6.58 Å². The predicted octanol–water partition coefficient (Wildman–Crippen LogP) is 0.809. The smallest absolute Gasteiger partial charge is 0.320 e. The van der Waals surface area contributed by atoms with Crippen LogP contribution in [0, 0.1) is 11.3 Å². The average Bonchev–Trinajstić information content (AvgIpc) is 2.99. The monoisotopic (exact) mass is 386 g/mol. The van der Waals surface area contributed by atoms with E-state index in [9.17, 15) is 18.0 Å². The summed E-state index contributed by atoms with van der Waals surface area (Å²) in [4.78, 5) is 27.6. The number of hydrogen-bond donors (Lipinski definition) is 1. The molecule has 0 bridgehead atoms. The highest BCUT2D eigenvalue weighted by atomic mass is 32.2. The Morgan fingerprint density at radius 1 is 1.19 bits per heavy atom. The van der Waals surface area contributed by atoms with Gasteiger partial charge in [-0.2, -0.15) is 4.31 Å². The highest BCUT2D eigenvalue weighted by molar-refractivity contribution is 7.92. The molecule has 2 aliphatic rings. The maximum atomic E-state index is 12.7. The fourth-order valence-electron chi connectivity index (χ4n) is 4.11. The molecule has 2 N–H and O–H groups in total. The summed E-state index contributed by atoms with van der Waals surface area (Å²) in [5.74, 6) is -0.574. The van der Waals surface area contributed by atoms with Gasteiger partial charge in [-0.05, 0) is 30.6 Å². The normalized spacial score (nSPS) is 21.8. The molecule has 0 aliphatic carbocycles. The Morgan fingerprint density at radius 2 is 1.73 bits per heavy atom. The van der Waals surface area contributed by atoms with Crippen molar-refractivity contribution < 1.29 is 18.0 Å². The third-order valence-electron chi connectivity index (χ3n) is 5.71. The molecule has 148 valence electrons.